The number of ether oxygens (including phenoxy) is 1. The Balaban J connectivity index is 2.49. The molecule has 88 valence electrons. The topological polar surface area (TPSA) is 77.2 Å². The highest BCUT2D eigenvalue weighted by Gasteiger charge is 2.04. The summed E-state index contributed by atoms with van der Waals surface area (Å²) in [6, 6.07) is 3.76. The van der Waals surface area contributed by atoms with Gasteiger partial charge in [-0.1, -0.05) is 0 Å². The molecule has 0 aromatic carbocycles. The number of nitrogens with two attached hydrogens (primary N) is 1. The maximum absolute atomic E-state index is 11.4. The number of hydrogen-bond acceptors (Lipinski definition) is 4. The summed E-state index contributed by atoms with van der Waals surface area (Å²) in [7, 11) is 0. The van der Waals surface area contributed by atoms with Crippen LogP contribution in [0.3, 0.4) is 0 Å². The number of pyridine rings is 1. The van der Waals surface area contributed by atoms with Gasteiger partial charge in [0.15, 0.2) is 0 Å². The summed E-state index contributed by atoms with van der Waals surface area (Å²) in [4.78, 5) is 15.6. The summed E-state index contributed by atoms with van der Waals surface area (Å²) in [5.74, 6) is 0.338. The summed E-state index contributed by atoms with van der Waals surface area (Å²) < 4.78 is 5.01. The molecule has 0 saturated heterocycles. The first-order chi connectivity index (χ1) is 7.61. The van der Waals surface area contributed by atoms with Gasteiger partial charge in [-0.15, -0.1) is 0 Å². The molecule has 0 spiro atoms. The van der Waals surface area contributed by atoms with Crippen LogP contribution in [-0.2, 0) is 9.53 Å². The lowest BCUT2D eigenvalue weighted by Gasteiger charge is -2.06. The highest BCUT2D eigenvalue weighted by Crippen LogP contribution is 2.08. The van der Waals surface area contributed by atoms with E-state index in [2.05, 4.69) is 10.3 Å². The van der Waals surface area contributed by atoms with Gasteiger partial charge in [-0.3, -0.25) is 4.79 Å². The van der Waals surface area contributed by atoms with Crippen molar-refractivity contribution in [3.8, 4) is 0 Å². The molecule has 0 radical (unpaired) electrons. The van der Waals surface area contributed by atoms with Crippen LogP contribution >= 0.6 is 0 Å². The van der Waals surface area contributed by atoms with Gasteiger partial charge in [0.2, 0.25) is 0 Å². The molecule has 0 unspecified atom stereocenters. The molecule has 1 amide bonds. The Morgan fingerprint density at radius 1 is 1.50 bits per heavy atom. The second kappa shape index (κ2) is 6.19. The largest absolute Gasteiger partial charge is 0.370 e. The Kier molecular flexibility index (Phi) is 4.88. The number of anilines is 1. The number of carbonyl (C=O) groups is 1. The second-order valence-corrected chi connectivity index (χ2v) is 3.56. The summed E-state index contributed by atoms with van der Waals surface area (Å²) in [6.07, 6.45) is 0. The highest BCUT2D eigenvalue weighted by atomic mass is 16.5. The van der Waals surface area contributed by atoms with Crippen LogP contribution < -0.4 is 11.1 Å². The molecule has 0 aliphatic carbocycles. The molecule has 0 atom stereocenters. The fourth-order valence-corrected chi connectivity index (χ4v) is 1.33. The summed E-state index contributed by atoms with van der Waals surface area (Å²) >= 11 is 0. The van der Waals surface area contributed by atoms with E-state index >= 15 is 0 Å². The van der Waals surface area contributed by atoms with Gasteiger partial charge in [-0.2, -0.15) is 0 Å². The van der Waals surface area contributed by atoms with E-state index in [4.69, 9.17) is 10.5 Å². The van der Waals surface area contributed by atoms with E-state index in [9.17, 15) is 4.79 Å². The minimum Gasteiger partial charge on any atom is -0.370 e. The Morgan fingerprint density at radius 2 is 2.25 bits per heavy atom. The lowest BCUT2D eigenvalue weighted by Crippen LogP contribution is -2.21. The molecule has 1 aromatic heterocycles. The van der Waals surface area contributed by atoms with Gasteiger partial charge in [0.25, 0.3) is 5.91 Å². The average Bonchev–Trinajstić information content (AvgIpc) is 2.16. The molecule has 16 heavy (non-hydrogen) atoms. The van der Waals surface area contributed by atoms with E-state index in [0.29, 0.717) is 19.0 Å². The molecule has 5 heteroatoms. The molecular weight excluding hydrogens is 206 g/mol. The number of nitrogens with one attached hydrogen (secondary N) is 1. The first-order valence-corrected chi connectivity index (χ1v) is 5.15. The molecule has 0 aliphatic rings. The third-order valence-electron chi connectivity index (χ3n) is 1.86. The number of hydrogen-bond donors (Lipinski definition) is 2. The molecule has 0 bridgehead atoms. The molecule has 0 saturated carbocycles. The smallest absolute Gasteiger partial charge is 0.251 e. The van der Waals surface area contributed by atoms with Crippen molar-refractivity contribution in [2.24, 2.45) is 5.73 Å². The van der Waals surface area contributed by atoms with Crippen LogP contribution in [0.5, 0.6) is 0 Å². The van der Waals surface area contributed by atoms with Crippen molar-refractivity contribution in [2.45, 2.75) is 13.8 Å². The molecule has 3 N–H and O–H groups in total. The normalized spacial score (nSPS) is 10.2. The minimum absolute atomic E-state index is 0.00582. The molecule has 1 rings (SSSR count). The number of amides is 1. The third-order valence-corrected chi connectivity index (χ3v) is 1.86. The van der Waals surface area contributed by atoms with Crippen molar-refractivity contribution >= 4 is 11.7 Å². The van der Waals surface area contributed by atoms with Gasteiger partial charge < -0.3 is 15.8 Å². The fraction of sp³-hybridized carbons (Fsp3) is 0.455. The average molecular weight is 223 g/mol. The van der Waals surface area contributed by atoms with Crippen molar-refractivity contribution in [3.05, 3.63) is 23.4 Å². The number of rotatable bonds is 5. The van der Waals surface area contributed by atoms with E-state index < -0.39 is 0 Å². The van der Waals surface area contributed by atoms with Crippen molar-refractivity contribution in [1.29, 1.82) is 0 Å². The van der Waals surface area contributed by atoms with Crippen LogP contribution in [-0.4, -0.2) is 30.6 Å². The monoisotopic (exact) mass is 223 g/mol. The van der Waals surface area contributed by atoms with Crippen molar-refractivity contribution in [1.82, 2.24) is 4.98 Å². The third kappa shape index (κ3) is 4.37. The Labute approximate surface area is 95.0 Å². The van der Waals surface area contributed by atoms with Crippen LogP contribution in [0.25, 0.3) is 0 Å². The zero-order valence-corrected chi connectivity index (χ0v) is 9.62. The van der Waals surface area contributed by atoms with Gasteiger partial charge in [0, 0.05) is 12.2 Å². The van der Waals surface area contributed by atoms with E-state index in [1.54, 1.807) is 0 Å². The van der Waals surface area contributed by atoms with Crippen molar-refractivity contribution in [2.75, 3.05) is 25.1 Å². The van der Waals surface area contributed by atoms with Crippen LogP contribution in [0.15, 0.2) is 12.1 Å². The number of aryl methyl sites for hydroxylation is 2. The van der Waals surface area contributed by atoms with Crippen LogP contribution in [0.2, 0.25) is 0 Å². The second-order valence-electron chi connectivity index (χ2n) is 3.56. The number of nitrogens with zero attached hydrogens (tertiary/aromatic N) is 1. The minimum atomic E-state index is -0.217. The van der Waals surface area contributed by atoms with E-state index in [1.165, 1.54) is 0 Å². The van der Waals surface area contributed by atoms with Crippen molar-refractivity contribution in [3.63, 3.8) is 0 Å². The van der Waals surface area contributed by atoms with Crippen LogP contribution in [0.4, 0.5) is 5.82 Å². The lowest BCUT2D eigenvalue weighted by atomic mass is 10.2. The zero-order chi connectivity index (χ0) is 12.0. The molecule has 0 fully saturated rings. The molecular formula is C11H17N3O2. The highest BCUT2D eigenvalue weighted by molar-refractivity contribution is 5.90. The zero-order valence-electron chi connectivity index (χ0n) is 9.62. The van der Waals surface area contributed by atoms with Crippen LogP contribution in [0, 0.1) is 13.8 Å². The Bertz CT molecular complexity index is 346. The van der Waals surface area contributed by atoms with E-state index in [-0.39, 0.29) is 12.5 Å². The standard InChI is InChI=1S/C11H17N3O2/c1-8-5-9(2)13-10(6-8)14-11(15)7-16-4-3-12/h5-6H,3-4,7,12H2,1-2H3,(H,13,14,15). The van der Waals surface area contributed by atoms with Gasteiger partial charge in [0.1, 0.15) is 12.4 Å². The molecule has 1 heterocycles. The van der Waals surface area contributed by atoms with Crippen molar-refractivity contribution < 1.29 is 9.53 Å². The SMILES string of the molecule is Cc1cc(C)nc(NC(=O)COCCN)c1. The first-order valence-electron chi connectivity index (χ1n) is 5.15. The first kappa shape index (κ1) is 12.6. The van der Waals surface area contributed by atoms with E-state index in [0.717, 1.165) is 11.3 Å². The van der Waals surface area contributed by atoms with Gasteiger partial charge >= 0.3 is 0 Å². The number of aromatic nitrogens is 1. The Morgan fingerprint density at radius 3 is 2.88 bits per heavy atom. The van der Waals surface area contributed by atoms with Gasteiger partial charge in [0.05, 0.1) is 6.61 Å². The molecule has 5 nitrogen and oxygen atoms in total. The van der Waals surface area contributed by atoms with Crippen LogP contribution in [0.1, 0.15) is 11.3 Å². The number of carbonyl (C=O) groups excluding carboxylic acids is 1. The maximum Gasteiger partial charge on any atom is 0.251 e. The van der Waals surface area contributed by atoms with E-state index in [1.807, 2.05) is 26.0 Å². The predicted molar refractivity (Wildman–Crippen MR) is 62.2 cm³/mol. The summed E-state index contributed by atoms with van der Waals surface area (Å²) in [6.45, 7) is 4.64. The maximum atomic E-state index is 11.4. The summed E-state index contributed by atoms with van der Waals surface area (Å²) in [5, 5.41) is 2.67. The predicted octanol–water partition coefficient (Wildman–Crippen LogP) is 0.612. The Hall–Kier alpha value is -1.46. The quantitative estimate of drug-likeness (QED) is 0.717. The summed E-state index contributed by atoms with van der Waals surface area (Å²) in [5.41, 5.74) is 7.17. The fourth-order valence-electron chi connectivity index (χ4n) is 1.33. The lowest BCUT2D eigenvalue weighted by molar-refractivity contribution is -0.120. The molecule has 0 aliphatic heterocycles. The molecule has 1 aromatic rings. The van der Waals surface area contributed by atoms with Gasteiger partial charge in [-0.05, 0) is 31.5 Å². The van der Waals surface area contributed by atoms with Gasteiger partial charge in [-0.25, -0.2) is 4.98 Å².